The Labute approximate surface area is 122 Å². The van der Waals surface area contributed by atoms with E-state index in [-0.39, 0.29) is 0 Å². The van der Waals surface area contributed by atoms with Gasteiger partial charge in [-0.2, -0.15) is 4.31 Å². The second-order valence-electron chi connectivity index (χ2n) is 4.50. The molecule has 0 bridgehead atoms. The molecule has 1 aromatic carbocycles. The Morgan fingerprint density at radius 3 is 2.50 bits per heavy atom. The molecule has 0 aliphatic carbocycles. The largest absolute Gasteiger partial charge is 0.496 e. The maximum absolute atomic E-state index is 12.6. The van der Waals surface area contributed by atoms with Crippen molar-refractivity contribution in [3.05, 3.63) is 23.8 Å². The topological polar surface area (TPSA) is 58.6 Å². The minimum absolute atomic E-state index is 0.318. The van der Waals surface area contributed by atoms with Gasteiger partial charge in [-0.05, 0) is 31.7 Å². The standard InChI is InChI=1S/C14H24N2O3S/c1-5-9-16(6-2)20(17,18)13-7-8-14(19-4)12(10-13)11-15-3/h7-8,10,15H,5-6,9,11H2,1-4H3. The number of rotatable bonds is 8. The van der Waals surface area contributed by atoms with E-state index in [4.69, 9.17) is 4.74 Å². The Morgan fingerprint density at radius 1 is 1.30 bits per heavy atom. The van der Waals surface area contributed by atoms with E-state index in [1.165, 1.54) is 4.31 Å². The summed E-state index contributed by atoms with van der Waals surface area (Å²) in [6.45, 7) is 5.39. The van der Waals surface area contributed by atoms with E-state index in [1.807, 2.05) is 20.9 Å². The summed E-state index contributed by atoms with van der Waals surface area (Å²) in [4.78, 5) is 0.318. The van der Waals surface area contributed by atoms with E-state index in [1.54, 1.807) is 25.3 Å². The molecule has 0 saturated heterocycles. The molecule has 0 fully saturated rings. The number of benzene rings is 1. The Kier molecular flexibility index (Phi) is 6.45. The van der Waals surface area contributed by atoms with E-state index < -0.39 is 10.0 Å². The zero-order chi connectivity index (χ0) is 15.2. The van der Waals surface area contributed by atoms with Gasteiger partial charge in [-0.3, -0.25) is 0 Å². The number of hydrogen-bond donors (Lipinski definition) is 1. The molecular formula is C14H24N2O3S. The molecule has 1 rings (SSSR count). The number of nitrogens with one attached hydrogen (secondary N) is 1. The van der Waals surface area contributed by atoms with Gasteiger partial charge in [0.05, 0.1) is 12.0 Å². The van der Waals surface area contributed by atoms with Gasteiger partial charge in [0.25, 0.3) is 0 Å². The van der Waals surface area contributed by atoms with Crippen LogP contribution >= 0.6 is 0 Å². The van der Waals surface area contributed by atoms with Crippen LogP contribution in [0.3, 0.4) is 0 Å². The molecule has 6 heteroatoms. The van der Waals surface area contributed by atoms with E-state index in [0.29, 0.717) is 30.3 Å². The minimum Gasteiger partial charge on any atom is -0.496 e. The predicted molar refractivity (Wildman–Crippen MR) is 80.5 cm³/mol. The van der Waals surface area contributed by atoms with E-state index in [0.717, 1.165) is 12.0 Å². The summed E-state index contributed by atoms with van der Waals surface area (Å²) in [6.07, 6.45) is 0.798. The molecule has 0 unspecified atom stereocenters. The Morgan fingerprint density at radius 2 is 2.00 bits per heavy atom. The Bertz CT molecular complexity index is 529. The van der Waals surface area contributed by atoms with E-state index in [9.17, 15) is 8.42 Å². The van der Waals surface area contributed by atoms with Gasteiger partial charge in [-0.25, -0.2) is 8.42 Å². The molecule has 0 heterocycles. The van der Waals surface area contributed by atoms with Gasteiger partial charge >= 0.3 is 0 Å². The molecule has 0 saturated carbocycles. The molecule has 5 nitrogen and oxygen atoms in total. The molecule has 0 spiro atoms. The fourth-order valence-corrected chi connectivity index (χ4v) is 3.68. The average molecular weight is 300 g/mol. The summed E-state index contributed by atoms with van der Waals surface area (Å²) in [5, 5.41) is 3.02. The smallest absolute Gasteiger partial charge is 0.243 e. The van der Waals surface area contributed by atoms with Gasteiger partial charge < -0.3 is 10.1 Å². The van der Waals surface area contributed by atoms with Crippen LogP contribution in [0, 0.1) is 0 Å². The van der Waals surface area contributed by atoms with E-state index >= 15 is 0 Å². The third kappa shape index (κ3) is 3.71. The normalized spacial score (nSPS) is 11.8. The predicted octanol–water partition coefficient (Wildman–Crippen LogP) is 1.84. The van der Waals surface area contributed by atoms with E-state index in [2.05, 4.69) is 5.32 Å². The third-order valence-corrected chi connectivity index (χ3v) is 5.05. The van der Waals surface area contributed by atoms with Gasteiger partial charge in [0, 0.05) is 25.2 Å². The number of nitrogens with zero attached hydrogens (tertiary/aromatic N) is 1. The van der Waals surface area contributed by atoms with Crippen LogP contribution in [0.25, 0.3) is 0 Å². The van der Waals surface area contributed by atoms with Crippen LogP contribution in [0.2, 0.25) is 0 Å². The number of ether oxygens (including phenoxy) is 1. The van der Waals surface area contributed by atoms with Crippen LogP contribution in [-0.2, 0) is 16.6 Å². The Hall–Kier alpha value is -1.11. The summed E-state index contributed by atoms with van der Waals surface area (Å²) in [5.74, 6) is 0.692. The third-order valence-electron chi connectivity index (χ3n) is 3.08. The fourth-order valence-electron chi connectivity index (χ4n) is 2.09. The van der Waals surface area contributed by atoms with Gasteiger partial charge in [0.2, 0.25) is 10.0 Å². The van der Waals surface area contributed by atoms with Crippen LogP contribution in [0.5, 0.6) is 5.75 Å². The SMILES string of the molecule is CCCN(CC)S(=O)(=O)c1ccc(OC)c(CNC)c1. The zero-order valence-corrected chi connectivity index (χ0v) is 13.5. The van der Waals surface area contributed by atoms with Crippen LogP contribution in [-0.4, -0.2) is 40.0 Å². The molecule has 0 radical (unpaired) electrons. The highest BCUT2D eigenvalue weighted by atomic mass is 32.2. The first-order valence-corrected chi connectivity index (χ1v) is 8.26. The van der Waals surface area contributed by atoms with Crippen LogP contribution < -0.4 is 10.1 Å². The lowest BCUT2D eigenvalue weighted by molar-refractivity contribution is 0.407. The zero-order valence-electron chi connectivity index (χ0n) is 12.6. The van der Waals surface area contributed by atoms with Crippen molar-refractivity contribution in [2.45, 2.75) is 31.7 Å². The summed E-state index contributed by atoms with van der Waals surface area (Å²) in [5.41, 5.74) is 0.837. The Balaban J connectivity index is 3.21. The molecule has 0 atom stereocenters. The maximum Gasteiger partial charge on any atom is 0.243 e. The van der Waals surface area contributed by atoms with Crippen molar-refractivity contribution in [3.8, 4) is 5.75 Å². The molecule has 114 valence electrons. The van der Waals surface area contributed by atoms with Crippen molar-refractivity contribution >= 4 is 10.0 Å². The summed E-state index contributed by atoms with van der Waals surface area (Å²) >= 11 is 0. The van der Waals surface area contributed by atoms with Crippen molar-refractivity contribution in [2.75, 3.05) is 27.2 Å². The molecule has 0 aliphatic rings. The molecule has 1 aromatic rings. The summed E-state index contributed by atoms with van der Waals surface area (Å²) < 4.78 is 31.9. The van der Waals surface area contributed by atoms with Crippen LogP contribution in [0.15, 0.2) is 23.1 Å². The number of sulfonamides is 1. The highest BCUT2D eigenvalue weighted by Gasteiger charge is 2.23. The molecule has 20 heavy (non-hydrogen) atoms. The lowest BCUT2D eigenvalue weighted by atomic mass is 10.2. The molecular weight excluding hydrogens is 276 g/mol. The second kappa shape index (κ2) is 7.61. The first-order chi connectivity index (χ1) is 9.51. The second-order valence-corrected chi connectivity index (χ2v) is 6.44. The minimum atomic E-state index is -3.43. The van der Waals surface area contributed by atoms with Crippen molar-refractivity contribution in [2.24, 2.45) is 0 Å². The quantitative estimate of drug-likeness (QED) is 0.796. The number of hydrogen-bond acceptors (Lipinski definition) is 4. The lowest BCUT2D eigenvalue weighted by Gasteiger charge is -2.20. The van der Waals surface area contributed by atoms with Crippen molar-refractivity contribution in [1.29, 1.82) is 0 Å². The van der Waals surface area contributed by atoms with Crippen molar-refractivity contribution in [1.82, 2.24) is 9.62 Å². The van der Waals surface area contributed by atoms with Crippen molar-refractivity contribution < 1.29 is 13.2 Å². The van der Waals surface area contributed by atoms with Crippen LogP contribution in [0.4, 0.5) is 0 Å². The number of methoxy groups -OCH3 is 1. The first kappa shape index (κ1) is 16.9. The highest BCUT2D eigenvalue weighted by Crippen LogP contribution is 2.24. The van der Waals surface area contributed by atoms with Gasteiger partial charge in [-0.15, -0.1) is 0 Å². The molecule has 1 N–H and O–H groups in total. The monoisotopic (exact) mass is 300 g/mol. The average Bonchev–Trinajstić information content (AvgIpc) is 2.44. The first-order valence-electron chi connectivity index (χ1n) is 6.82. The van der Waals surface area contributed by atoms with Gasteiger partial charge in [-0.1, -0.05) is 13.8 Å². The van der Waals surface area contributed by atoms with Crippen LogP contribution in [0.1, 0.15) is 25.8 Å². The maximum atomic E-state index is 12.6. The fraction of sp³-hybridized carbons (Fsp3) is 0.571. The van der Waals surface area contributed by atoms with Gasteiger partial charge in [0.15, 0.2) is 0 Å². The lowest BCUT2D eigenvalue weighted by Crippen LogP contribution is -2.31. The van der Waals surface area contributed by atoms with Crippen molar-refractivity contribution in [3.63, 3.8) is 0 Å². The summed E-state index contributed by atoms with van der Waals surface area (Å²) in [6, 6.07) is 4.99. The van der Waals surface area contributed by atoms with Gasteiger partial charge in [0.1, 0.15) is 5.75 Å². The highest BCUT2D eigenvalue weighted by molar-refractivity contribution is 7.89. The molecule has 0 aliphatic heterocycles. The molecule has 0 amide bonds. The summed E-state index contributed by atoms with van der Waals surface area (Å²) in [7, 11) is -0.0321. The molecule has 0 aromatic heterocycles.